The molecule has 3 aromatic heterocycles. The summed E-state index contributed by atoms with van der Waals surface area (Å²) >= 11 is 3.40. The Morgan fingerprint density at radius 2 is 1.83 bits per heavy atom. The number of aromatic nitrogens is 5. The van der Waals surface area contributed by atoms with Crippen molar-refractivity contribution in [2.24, 2.45) is 5.41 Å². The van der Waals surface area contributed by atoms with Crippen molar-refractivity contribution in [1.29, 1.82) is 0 Å². The summed E-state index contributed by atoms with van der Waals surface area (Å²) in [7, 11) is 0. The van der Waals surface area contributed by atoms with E-state index in [1.54, 1.807) is 22.0 Å². The monoisotopic (exact) mass is 629 g/mol. The van der Waals surface area contributed by atoms with Crippen LogP contribution in [0.3, 0.4) is 0 Å². The number of benzene rings is 1. The molecule has 2 amide bonds. The lowest BCUT2D eigenvalue weighted by atomic mass is 9.96. The first-order valence-electron chi connectivity index (χ1n) is 14.1. The molecule has 1 aromatic carbocycles. The molecule has 1 N–H and O–H groups in total. The van der Waals surface area contributed by atoms with Crippen LogP contribution in [0.5, 0.6) is 0 Å². The molecule has 4 aromatic rings. The second kappa shape index (κ2) is 10.7. The molecule has 4 heterocycles. The minimum Gasteiger partial charge on any atom is -0.351 e. The van der Waals surface area contributed by atoms with E-state index in [4.69, 9.17) is 0 Å². The SMILES string of the molecule is CCNC(=O)c1nn(CC(=O)N2[C@H](C(=O)Cc3nc(Br)ccc3C)C[C@@]3(C)C[C@@H]23)c2ccc(-c3cnc(C)nc3)cc12. The molecule has 0 radical (unpaired) electrons. The van der Waals surface area contributed by atoms with Gasteiger partial charge in [-0.3, -0.25) is 19.1 Å². The van der Waals surface area contributed by atoms with E-state index in [0.29, 0.717) is 40.0 Å². The zero-order chi connectivity index (χ0) is 29.8. The molecule has 1 saturated carbocycles. The Kier molecular flexibility index (Phi) is 7.16. The lowest BCUT2D eigenvalue weighted by molar-refractivity contribution is -0.139. The molecule has 10 nitrogen and oxygen atoms in total. The van der Waals surface area contributed by atoms with Gasteiger partial charge in [-0.1, -0.05) is 19.1 Å². The van der Waals surface area contributed by atoms with Crippen LogP contribution in [0, 0.1) is 19.3 Å². The fourth-order valence-corrected chi connectivity index (χ4v) is 6.41. The van der Waals surface area contributed by atoms with Crippen LogP contribution < -0.4 is 5.32 Å². The van der Waals surface area contributed by atoms with Gasteiger partial charge < -0.3 is 10.2 Å². The first kappa shape index (κ1) is 28.1. The highest BCUT2D eigenvalue weighted by molar-refractivity contribution is 9.10. The van der Waals surface area contributed by atoms with E-state index in [1.165, 1.54) is 0 Å². The van der Waals surface area contributed by atoms with Crippen molar-refractivity contribution in [3.63, 3.8) is 0 Å². The molecule has 1 saturated heterocycles. The van der Waals surface area contributed by atoms with Crippen molar-refractivity contribution < 1.29 is 14.4 Å². The number of ketones is 1. The zero-order valence-electron chi connectivity index (χ0n) is 24.0. The summed E-state index contributed by atoms with van der Waals surface area (Å²) in [6, 6.07) is 8.95. The molecule has 1 aliphatic carbocycles. The largest absolute Gasteiger partial charge is 0.351 e. The normalized spacial score (nSPS) is 20.9. The van der Waals surface area contributed by atoms with Crippen LogP contribution in [0.4, 0.5) is 0 Å². The third-order valence-corrected chi connectivity index (χ3v) is 8.95. The number of carbonyl (C=O) groups is 3. The van der Waals surface area contributed by atoms with Crippen LogP contribution in [-0.2, 0) is 22.6 Å². The summed E-state index contributed by atoms with van der Waals surface area (Å²) in [6.45, 7) is 8.11. The maximum atomic E-state index is 13.9. The van der Waals surface area contributed by atoms with Crippen molar-refractivity contribution in [2.75, 3.05) is 6.54 Å². The molecule has 2 fully saturated rings. The lowest BCUT2D eigenvalue weighted by Crippen LogP contribution is -2.45. The van der Waals surface area contributed by atoms with Crippen LogP contribution in [0.15, 0.2) is 47.3 Å². The number of rotatable bonds is 8. The first-order chi connectivity index (χ1) is 20.1. The minimum atomic E-state index is -0.515. The number of Topliss-reactive ketones (excluding diaryl/α,β-unsaturated/α-hetero) is 1. The molecule has 11 heteroatoms. The first-order valence-corrected chi connectivity index (χ1v) is 14.9. The van der Waals surface area contributed by atoms with Crippen molar-refractivity contribution in [3.05, 3.63) is 70.1 Å². The van der Waals surface area contributed by atoms with E-state index in [0.717, 1.165) is 23.1 Å². The Labute approximate surface area is 252 Å². The number of piperidine rings is 1. The smallest absolute Gasteiger partial charge is 0.272 e. The summed E-state index contributed by atoms with van der Waals surface area (Å²) in [6.07, 6.45) is 5.17. The fraction of sp³-hybridized carbons (Fsp3) is 0.387. The topological polar surface area (TPSA) is 123 Å². The van der Waals surface area contributed by atoms with E-state index in [-0.39, 0.29) is 47.7 Å². The molecule has 3 atom stereocenters. The highest BCUT2D eigenvalue weighted by Gasteiger charge is 2.64. The van der Waals surface area contributed by atoms with Crippen LogP contribution in [0.1, 0.15) is 54.3 Å². The molecule has 2 aliphatic rings. The highest BCUT2D eigenvalue weighted by atomic mass is 79.9. The number of fused-ring (bicyclic) bond motifs is 2. The third-order valence-electron chi connectivity index (χ3n) is 8.51. The maximum Gasteiger partial charge on any atom is 0.272 e. The molecule has 6 rings (SSSR count). The van der Waals surface area contributed by atoms with Gasteiger partial charge >= 0.3 is 0 Å². The standard InChI is InChI=1S/C31H32BrN7O3/c1-5-33-30(42)29-21-10-19(20-14-34-18(3)35-15-20)7-8-23(21)38(37-29)16-28(41)39-24(12-31(4)13-26(31)39)25(40)11-22-17(2)6-9-27(32)36-22/h6-10,14-15,24,26H,5,11-13,16H2,1-4H3,(H,33,42)/t24-,26+,31-/m0/s1. The number of hydrogen-bond donors (Lipinski definition) is 1. The average molecular weight is 631 g/mol. The molecule has 0 spiro atoms. The predicted molar refractivity (Wildman–Crippen MR) is 161 cm³/mol. The van der Waals surface area contributed by atoms with Crippen LogP contribution in [0.2, 0.25) is 0 Å². The van der Waals surface area contributed by atoms with Gasteiger partial charge in [0.05, 0.1) is 23.7 Å². The predicted octanol–water partition coefficient (Wildman–Crippen LogP) is 4.21. The number of nitrogens with one attached hydrogen (secondary N) is 1. The van der Waals surface area contributed by atoms with Gasteiger partial charge in [0.2, 0.25) is 5.91 Å². The maximum absolute atomic E-state index is 13.9. The van der Waals surface area contributed by atoms with Crippen molar-refractivity contribution in [2.45, 2.75) is 65.6 Å². The summed E-state index contributed by atoms with van der Waals surface area (Å²) < 4.78 is 2.26. The van der Waals surface area contributed by atoms with Gasteiger partial charge in [0, 0.05) is 35.9 Å². The highest BCUT2D eigenvalue weighted by Crippen LogP contribution is 2.59. The lowest BCUT2D eigenvalue weighted by Gasteiger charge is -2.27. The molecule has 216 valence electrons. The molecule has 0 unspecified atom stereocenters. The number of nitrogens with zero attached hydrogens (tertiary/aromatic N) is 6. The summed E-state index contributed by atoms with van der Waals surface area (Å²) in [5.74, 6) is 0.166. The van der Waals surface area contributed by atoms with Gasteiger partial charge in [0.1, 0.15) is 17.0 Å². The van der Waals surface area contributed by atoms with Gasteiger partial charge in [0.25, 0.3) is 5.91 Å². The second-order valence-corrected chi connectivity index (χ2v) is 12.4. The Morgan fingerprint density at radius 3 is 2.57 bits per heavy atom. The van der Waals surface area contributed by atoms with Crippen LogP contribution in [-0.4, -0.2) is 65.9 Å². The number of carbonyl (C=O) groups excluding carboxylic acids is 3. The van der Waals surface area contributed by atoms with E-state index in [9.17, 15) is 14.4 Å². The van der Waals surface area contributed by atoms with Crippen LogP contribution >= 0.6 is 15.9 Å². The van der Waals surface area contributed by atoms with Crippen molar-refractivity contribution in [1.82, 2.24) is 34.9 Å². The average Bonchev–Trinajstić information content (AvgIpc) is 3.33. The minimum absolute atomic E-state index is 0.0104. The fourth-order valence-electron chi connectivity index (χ4n) is 6.06. The molecule has 0 bridgehead atoms. The Balaban J connectivity index is 1.30. The molecule has 1 aliphatic heterocycles. The van der Waals surface area contributed by atoms with E-state index >= 15 is 0 Å². The number of likely N-dealkylation sites (tertiary alicyclic amines) is 1. The van der Waals surface area contributed by atoms with E-state index < -0.39 is 6.04 Å². The number of aryl methyl sites for hydroxylation is 2. The second-order valence-electron chi connectivity index (χ2n) is 11.6. The van der Waals surface area contributed by atoms with E-state index in [1.807, 2.05) is 51.1 Å². The summed E-state index contributed by atoms with van der Waals surface area (Å²) in [5.41, 5.74) is 4.17. The third kappa shape index (κ3) is 5.10. The van der Waals surface area contributed by atoms with Gasteiger partial charge in [-0.15, -0.1) is 0 Å². The molecule has 42 heavy (non-hydrogen) atoms. The van der Waals surface area contributed by atoms with Crippen LogP contribution in [0.25, 0.3) is 22.0 Å². The van der Waals surface area contributed by atoms with Gasteiger partial charge in [-0.25, -0.2) is 15.0 Å². The Morgan fingerprint density at radius 1 is 1.07 bits per heavy atom. The number of hydrogen-bond acceptors (Lipinski definition) is 7. The van der Waals surface area contributed by atoms with Crippen molar-refractivity contribution >= 4 is 44.4 Å². The molecular weight excluding hydrogens is 598 g/mol. The summed E-state index contributed by atoms with van der Waals surface area (Å²) in [5, 5.41) is 8.07. The number of amides is 2. The Bertz CT molecular complexity index is 1730. The molecular formula is C31H32BrN7O3. The Hall–Kier alpha value is -3.99. The quantitative estimate of drug-likeness (QED) is 0.290. The van der Waals surface area contributed by atoms with E-state index in [2.05, 4.69) is 48.2 Å². The zero-order valence-corrected chi connectivity index (χ0v) is 25.6. The van der Waals surface area contributed by atoms with Gasteiger partial charge in [0.15, 0.2) is 11.5 Å². The number of pyridine rings is 1. The number of halogens is 1. The van der Waals surface area contributed by atoms with Gasteiger partial charge in [-0.2, -0.15) is 5.10 Å². The van der Waals surface area contributed by atoms with Crippen molar-refractivity contribution in [3.8, 4) is 11.1 Å². The summed E-state index contributed by atoms with van der Waals surface area (Å²) in [4.78, 5) is 55.4. The van der Waals surface area contributed by atoms with Gasteiger partial charge in [-0.05, 0) is 84.3 Å².